The third kappa shape index (κ3) is 55.2. The van der Waals surface area contributed by atoms with Gasteiger partial charge in [-0.1, -0.05) is 226 Å². The van der Waals surface area contributed by atoms with Gasteiger partial charge >= 0.3 is 11.9 Å². The summed E-state index contributed by atoms with van der Waals surface area (Å²) in [7, 11) is 0. The maximum absolute atomic E-state index is 12.9. The van der Waals surface area contributed by atoms with Crippen LogP contribution in [0, 0.1) is 0 Å². The molecule has 388 valence electrons. The summed E-state index contributed by atoms with van der Waals surface area (Å²) in [5.41, 5.74) is 0. The van der Waals surface area contributed by atoms with E-state index in [1.54, 1.807) is 0 Å². The van der Waals surface area contributed by atoms with Crippen molar-refractivity contribution < 1.29 is 23.8 Å². The molecule has 0 aromatic carbocycles. The zero-order chi connectivity index (χ0) is 49.2. The van der Waals surface area contributed by atoms with Crippen LogP contribution in [-0.2, 0) is 23.8 Å². The van der Waals surface area contributed by atoms with Gasteiger partial charge in [0.15, 0.2) is 6.10 Å². The molecule has 5 heteroatoms. The molecule has 0 bridgehead atoms. The van der Waals surface area contributed by atoms with E-state index in [9.17, 15) is 9.59 Å². The standard InChI is InChI=1S/C63H106O5/c1-4-7-10-13-16-19-22-25-28-31-32-34-35-38-41-44-47-50-53-56-62(64)67-60-61(59-66-58-55-52-49-46-43-40-37-30-27-24-21-18-15-12-9-6-3)68-63(65)57-54-51-48-45-42-39-36-33-29-26-23-20-17-14-11-8-5-2/h8-9,11-12,16-21,25-30,36,39,61H,4-7,10,13-15,22-24,31-35,37-38,40-60H2,1-3H3/b11-8-,12-9-,19-16-,20-17-,21-18-,28-25-,29-26-,30-27-,39-36-. The first kappa shape index (κ1) is 64.6. The summed E-state index contributed by atoms with van der Waals surface area (Å²) in [4.78, 5) is 25.5. The van der Waals surface area contributed by atoms with E-state index < -0.39 is 6.10 Å². The Morgan fingerprint density at radius 1 is 0.338 bits per heavy atom. The summed E-state index contributed by atoms with van der Waals surface area (Å²) in [6.07, 6.45) is 79.6. The van der Waals surface area contributed by atoms with Crippen LogP contribution in [0.5, 0.6) is 0 Å². The second-order valence-corrected chi connectivity index (χ2v) is 18.4. The van der Waals surface area contributed by atoms with E-state index in [0.29, 0.717) is 19.4 Å². The first-order valence-corrected chi connectivity index (χ1v) is 28.4. The highest BCUT2D eigenvalue weighted by Gasteiger charge is 2.17. The number of carbonyl (C=O) groups excluding carboxylic acids is 2. The van der Waals surface area contributed by atoms with Gasteiger partial charge in [0, 0.05) is 19.4 Å². The van der Waals surface area contributed by atoms with Crippen LogP contribution in [-0.4, -0.2) is 37.9 Å². The molecule has 5 nitrogen and oxygen atoms in total. The Hall–Kier alpha value is -3.44. The van der Waals surface area contributed by atoms with Gasteiger partial charge in [-0.3, -0.25) is 9.59 Å². The zero-order valence-corrected chi connectivity index (χ0v) is 44.6. The zero-order valence-electron chi connectivity index (χ0n) is 44.6. The molecular weight excluding hydrogens is 837 g/mol. The molecule has 0 aliphatic carbocycles. The average Bonchev–Trinajstić information content (AvgIpc) is 3.34. The molecule has 0 aromatic heterocycles. The number of hydrogen-bond donors (Lipinski definition) is 0. The van der Waals surface area contributed by atoms with Gasteiger partial charge in [0.05, 0.1) is 6.61 Å². The van der Waals surface area contributed by atoms with E-state index in [2.05, 4.69) is 130 Å². The third-order valence-electron chi connectivity index (χ3n) is 11.8. The van der Waals surface area contributed by atoms with Crippen molar-refractivity contribution in [3.8, 4) is 0 Å². The normalized spacial score (nSPS) is 13.0. The van der Waals surface area contributed by atoms with E-state index >= 15 is 0 Å². The molecule has 1 unspecified atom stereocenters. The maximum Gasteiger partial charge on any atom is 0.306 e. The number of rotatable bonds is 51. The molecule has 1 atom stereocenters. The van der Waals surface area contributed by atoms with E-state index in [4.69, 9.17) is 14.2 Å². The minimum Gasteiger partial charge on any atom is -0.462 e. The number of unbranched alkanes of at least 4 members (excludes halogenated alkanes) is 22. The van der Waals surface area contributed by atoms with Crippen LogP contribution in [0.25, 0.3) is 0 Å². The van der Waals surface area contributed by atoms with Crippen molar-refractivity contribution in [2.24, 2.45) is 0 Å². The highest BCUT2D eigenvalue weighted by Crippen LogP contribution is 2.14. The molecule has 0 amide bonds. The molecule has 0 aliphatic heterocycles. The molecule has 0 N–H and O–H groups in total. The van der Waals surface area contributed by atoms with Crippen LogP contribution in [0.2, 0.25) is 0 Å². The molecule has 0 aromatic rings. The molecule has 0 rings (SSSR count). The molecule has 0 fully saturated rings. The lowest BCUT2D eigenvalue weighted by molar-refractivity contribution is -0.163. The number of ether oxygens (including phenoxy) is 3. The first-order chi connectivity index (χ1) is 33.6. The molecular formula is C63H106O5. The quantitative estimate of drug-likeness (QED) is 0.0345. The fourth-order valence-corrected chi connectivity index (χ4v) is 7.60. The number of allylic oxidation sites excluding steroid dienone is 18. The lowest BCUT2D eigenvalue weighted by Crippen LogP contribution is -2.30. The molecule has 0 spiro atoms. The van der Waals surface area contributed by atoms with Gasteiger partial charge < -0.3 is 14.2 Å². The fraction of sp³-hybridized carbons (Fsp3) is 0.683. The van der Waals surface area contributed by atoms with Gasteiger partial charge in [0.2, 0.25) is 0 Å². The summed E-state index contributed by atoms with van der Waals surface area (Å²) in [5.74, 6) is -0.438. The minimum absolute atomic E-state index is 0.0619. The molecule has 0 aliphatic rings. The van der Waals surface area contributed by atoms with Crippen molar-refractivity contribution in [2.75, 3.05) is 19.8 Å². The predicted molar refractivity (Wildman–Crippen MR) is 297 cm³/mol. The van der Waals surface area contributed by atoms with E-state index in [0.717, 1.165) is 122 Å². The van der Waals surface area contributed by atoms with Crippen molar-refractivity contribution in [3.05, 3.63) is 109 Å². The van der Waals surface area contributed by atoms with Crippen molar-refractivity contribution >= 4 is 11.9 Å². The lowest BCUT2D eigenvalue weighted by atomic mass is 10.1. The molecule has 0 radical (unpaired) electrons. The van der Waals surface area contributed by atoms with Gasteiger partial charge in [-0.15, -0.1) is 0 Å². The molecule has 0 heterocycles. The molecule has 0 saturated heterocycles. The summed E-state index contributed by atoms with van der Waals surface area (Å²) < 4.78 is 17.4. The fourth-order valence-electron chi connectivity index (χ4n) is 7.60. The van der Waals surface area contributed by atoms with Gasteiger partial charge in [0.1, 0.15) is 6.61 Å². The summed E-state index contributed by atoms with van der Waals surface area (Å²) in [6.45, 7) is 7.53. The van der Waals surface area contributed by atoms with Crippen LogP contribution in [0.3, 0.4) is 0 Å². The summed E-state index contributed by atoms with van der Waals surface area (Å²) in [5, 5.41) is 0. The monoisotopic (exact) mass is 943 g/mol. The first-order valence-electron chi connectivity index (χ1n) is 28.4. The van der Waals surface area contributed by atoms with Crippen LogP contribution in [0.4, 0.5) is 0 Å². The minimum atomic E-state index is -0.565. The average molecular weight is 944 g/mol. The van der Waals surface area contributed by atoms with Crippen molar-refractivity contribution in [3.63, 3.8) is 0 Å². The Bertz CT molecular complexity index is 1340. The van der Waals surface area contributed by atoms with E-state index in [1.165, 1.54) is 96.3 Å². The Kier molecular flexibility index (Phi) is 54.9. The summed E-state index contributed by atoms with van der Waals surface area (Å²) in [6, 6.07) is 0. The smallest absolute Gasteiger partial charge is 0.306 e. The highest BCUT2D eigenvalue weighted by molar-refractivity contribution is 5.70. The Morgan fingerprint density at radius 2 is 0.662 bits per heavy atom. The van der Waals surface area contributed by atoms with Crippen LogP contribution < -0.4 is 0 Å². The highest BCUT2D eigenvalue weighted by atomic mass is 16.6. The van der Waals surface area contributed by atoms with Crippen LogP contribution in [0.1, 0.15) is 252 Å². The SMILES string of the molecule is CC/C=C\C/C=C\C/C=C\C/C=C\CCCCCCC(=O)OC(COCCCCCCCC/C=C\C/C=C\C/C=C\CC)COC(=O)CCCCCCCCCCC/C=C\C/C=C\CCCCC. The van der Waals surface area contributed by atoms with Crippen molar-refractivity contribution in [1.29, 1.82) is 0 Å². The predicted octanol–water partition coefficient (Wildman–Crippen LogP) is 19.6. The third-order valence-corrected chi connectivity index (χ3v) is 11.8. The number of esters is 2. The Labute approximate surface area is 421 Å². The number of hydrogen-bond acceptors (Lipinski definition) is 5. The topological polar surface area (TPSA) is 61.8 Å². The van der Waals surface area contributed by atoms with Gasteiger partial charge in [-0.2, -0.15) is 0 Å². The van der Waals surface area contributed by atoms with Crippen molar-refractivity contribution in [1.82, 2.24) is 0 Å². The van der Waals surface area contributed by atoms with E-state index in [-0.39, 0.29) is 25.2 Å². The molecule has 0 saturated carbocycles. The van der Waals surface area contributed by atoms with E-state index in [1.807, 2.05) is 0 Å². The molecule has 68 heavy (non-hydrogen) atoms. The second kappa shape index (κ2) is 57.9. The van der Waals surface area contributed by atoms with Gasteiger partial charge in [-0.05, 0) is 122 Å². The van der Waals surface area contributed by atoms with Gasteiger partial charge in [-0.25, -0.2) is 0 Å². The van der Waals surface area contributed by atoms with Crippen LogP contribution >= 0.6 is 0 Å². The van der Waals surface area contributed by atoms with Gasteiger partial charge in [0.25, 0.3) is 0 Å². The lowest BCUT2D eigenvalue weighted by Gasteiger charge is -2.18. The maximum atomic E-state index is 12.9. The number of carbonyl (C=O) groups is 2. The summed E-state index contributed by atoms with van der Waals surface area (Å²) >= 11 is 0. The second-order valence-electron chi connectivity index (χ2n) is 18.4. The van der Waals surface area contributed by atoms with Crippen molar-refractivity contribution in [2.45, 2.75) is 258 Å². The Balaban J connectivity index is 4.36. The largest absolute Gasteiger partial charge is 0.462 e. The van der Waals surface area contributed by atoms with Crippen LogP contribution in [0.15, 0.2) is 109 Å². The Morgan fingerprint density at radius 3 is 1.06 bits per heavy atom.